The minimum atomic E-state index is -1.47. The first-order valence-electron chi connectivity index (χ1n) is 10.4. The highest BCUT2D eigenvalue weighted by molar-refractivity contribution is 5.65. The van der Waals surface area contributed by atoms with Crippen LogP contribution in [0.5, 0.6) is 0 Å². The van der Waals surface area contributed by atoms with Crippen molar-refractivity contribution in [3.8, 4) is 17.2 Å². The molecule has 2 saturated carbocycles. The zero-order chi connectivity index (χ0) is 22.0. The van der Waals surface area contributed by atoms with Crippen molar-refractivity contribution in [2.45, 2.75) is 37.3 Å². The molecule has 31 heavy (non-hydrogen) atoms. The van der Waals surface area contributed by atoms with Crippen LogP contribution in [-0.4, -0.2) is 32.9 Å². The lowest BCUT2D eigenvalue weighted by Gasteiger charge is -2.33. The second-order valence-electron chi connectivity index (χ2n) is 8.49. The number of aliphatic hydroxyl groups is 1. The first kappa shape index (κ1) is 21.0. The number of fused-ring (bicyclic) bond motifs is 1. The molecule has 0 saturated heterocycles. The molecule has 5 atom stereocenters. The van der Waals surface area contributed by atoms with Crippen molar-refractivity contribution in [1.29, 1.82) is 5.26 Å². The molecule has 3 N–H and O–H groups in total. The number of carboxylic acid groups (broad SMARTS) is 1. The Morgan fingerprint density at radius 3 is 2.81 bits per heavy atom. The number of hydrogen-bond acceptors (Lipinski definition) is 4. The summed E-state index contributed by atoms with van der Waals surface area (Å²) in [4.78, 5) is 15.4. The number of rotatable bonds is 4. The van der Waals surface area contributed by atoms with Gasteiger partial charge in [0, 0.05) is 23.7 Å². The summed E-state index contributed by atoms with van der Waals surface area (Å²) in [5.41, 5.74) is 0.763. The second kappa shape index (κ2) is 8.48. The zero-order valence-corrected chi connectivity index (χ0v) is 16.9. The van der Waals surface area contributed by atoms with E-state index in [-0.39, 0.29) is 29.6 Å². The number of halogens is 1. The van der Waals surface area contributed by atoms with Gasteiger partial charge in [-0.2, -0.15) is 5.26 Å². The fraction of sp³-hybridized carbons (Fsp3) is 0.375. The van der Waals surface area contributed by atoms with Gasteiger partial charge in [-0.15, -0.1) is 0 Å². The van der Waals surface area contributed by atoms with Crippen molar-refractivity contribution >= 4 is 12.2 Å². The van der Waals surface area contributed by atoms with Crippen LogP contribution in [0.4, 0.5) is 9.18 Å². The summed E-state index contributed by atoms with van der Waals surface area (Å²) in [6.07, 6.45) is 6.72. The Balaban J connectivity index is 1.50. The SMILES string of the molecule is N#C[C@@]1(O)C[C@@H]2CC(NC(=O)O)CC[C@H]2[C@@H]1C=Cc1ccc(-c2cccc(F)c2)cn1. The van der Waals surface area contributed by atoms with Crippen LogP contribution in [0, 0.1) is 34.9 Å². The Kier molecular flexibility index (Phi) is 5.75. The summed E-state index contributed by atoms with van der Waals surface area (Å²) in [6, 6.07) is 11.9. The number of benzene rings is 1. The fourth-order valence-electron chi connectivity index (χ4n) is 5.16. The molecule has 4 rings (SSSR count). The minimum absolute atomic E-state index is 0.0909. The number of hydrogen-bond donors (Lipinski definition) is 3. The molecule has 1 aromatic carbocycles. The van der Waals surface area contributed by atoms with Crippen molar-refractivity contribution in [3.63, 3.8) is 0 Å². The molecule has 2 aliphatic rings. The number of carbonyl (C=O) groups is 1. The molecule has 0 spiro atoms. The Morgan fingerprint density at radius 2 is 2.13 bits per heavy atom. The zero-order valence-electron chi connectivity index (χ0n) is 16.9. The van der Waals surface area contributed by atoms with Gasteiger partial charge in [-0.25, -0.2) is 9.18 Å². The largest absolute Gasteiger partial charge is 0.465 e. The predicted octanol–water partition coefficient (Wildman–Crippen LogP) is 4.23. The molecule has 1 unspecified atom stereocenters. The summed E-state index contributed by atoms with van der Waals surface area (Å²) in [5, 5.41) is 32.1. The third-order valence-corrected chi connectivity index (χ3v) is 6.57. The average Bonchev–Trinajstić information content (AvgIpc) is 3.03. The normalized spacial score (nSPS) is 30.0. The summed E-state index contributed by atoms with van der Waals surface area (Å²) in [6.45, 7) is 0. The van der Waals surface area contributed by atoms with Gasteiger partial charge in [0.05, 0.1) is 11.8 Å². The molecule has 0 aliphatic heterocycles. The maximum absolute atomic E-state index is 13.4. The number of nitrogens with zero attached hydrogens (tertiary/aromatic N) is 2. The molecule has 6 nitrogen and oxygen atoms in total. The van der Waals surface area contributed by atoms with E-state index in [1.165, 1.54) is 12.1 Å². The standard InChI is InChI=1S/C24H24FN3O3/c25-18-3-1-2-15(10-18)16-4-5-19(27-13-16)7-9-22-21-8-6-20(28-23(29)30)11-17(21)12-24(22,31)14-26/h1-5,7,9-10,13,17,20-22,28,31H,6,8,11-12H2,(H,29,30)/t17-,20?,21+,22-,24-/m0/s1. The molecule has 2 fully saturated rings. The smallest absolute Gasteiger partial charge is 0.404 e. The van der Waals surface area contributed by atoms with Crippen LogP contribution in [0.2, 0.25) is 0 Å². The molecular weight excluding hydrogens is 397 g/mol. The van der Waals surface area contributed by atoms with Gasteiger partial charge in [0.2, 0.25) is 0 Å². The maximum Gasteiger partial charge on any atom is 0.404 e. The molecule has 1 heterocycles. The first-order chi connectivity index (χ1) is 14.9. The fourth-order valence-corrected chi connectivity index (χ4v) is 5.16. The van der Waals surface area contributed by atoms with E-state index < -0.39 is 11.7 Å². The molecular formula is C24H24FN3O3. The van der Waals surface area contributed by atoms with E-state index in [2.05, 4.69) is 16.4 Å². The van der Waals surface area contributed by atoms with Crippen LogP contribution in [0.1, 0.15) is 31.4 Å². The molecule has 1 amide bonds. The van der Waals surface area contributed by atoms with E-state index in [0.29, 0.717) is 25.0 Å². The lowest BCUT2D eigenvalue weighted by atomic mass is 9.75. The third kappa shape index (κ3) is 4.44. The van der Waals surface area contributed by atoms with Crippen LogP contribution in [0.15, 0.2) is 48.7 Å². The van der Waals surface area contributed by atoms with E-state index in [0.717, 1.165) is 17.5 Å². The first-order valence-corrected chi connectivity index (χ1v) is 10.4. The van der Waals surface area contributed by atoms with E-state index in [1.807, 2.05) is 30.4 Å². The van der Waals surface area contributed by atoms with Crippen LogP contribution in [0.3, 0.4) is 0 Å². The Hall–Kier alpha value is -3.24. The van der Waals surface area contributed by atoms with Crippen molar-refractivity contribution < 1.29 is 19.4 Å². The Bertz CT molecular complexity index is 1030. The van der Waals surface area contributed by atoms with Crippen LogP contribution < -0.4 is 5.32 Å². The molecule has 2 aromatic rings. The van der Waals surface area contributed by atoms with E-state index in [9.17, 15) is 19.6 Å². The van der Waals surface area contributed by atoms with Crippen molar-refractivity contribution in [2.24, 2.45) is 17.8 Å². The van der Waals surface area contributed by atoms with Gasteiger partial charge in [0.15, 0.2) is 5.60 Å². The highest BCUT2D eigenvalue weighted by atomic mass is 19.1. The van der Waals surface area contributed by atoms with E-state index >= 15 is 0 Å². The number of nitrogens with one attached hydrogen (secondary N) is 1. The van der Waals surface area contributed by atoms with Gasteiger partial charge in [-0.05, 0) is 67.4 Å². The van der Waals surface area contributed by atoms with Crippen molar-refractivity contribution in [2.75, 3.05) is 0 Å². The van der Waals surface area contributed by atoms with E-state index in [1.54, 1.807) is 12.3 Å². The molecule has 7 heteroatoms. The van der Waals surface area contributed by atoms with E-state index in [4.69, 9.17) is 5.11 Å². The Labute approximate surface area is 180 Å². The maximum atomic E-state index is 13.4. The predicted molar refractivity (Wildman–Crippen MR) is 113 cm³/mol. The lowest BCUT2D eigenvalue weighted by molar-refractivity contribution is 0.0672. The summed E-state index contributed by atoms with van der Waals surface area (Å²) < 4.78 is 13.4. The average molecular weight is 421 g/mol. The third-order valence-electron chi connectivity index (χ3n) is 6.57. The lowest BCUT2D eigenvalue weighted by Crippen LogP contribution is -2.39. The van der Waals surface area contributed by atoms with Gasteiger partial charge in [-0.1, -0.05) is 24.3 Å². The molecule has 0 bridgehead atoms. The number of amides is 1. The topological polar surface area (TPSA) is 106 Å². The molecule has 160 valence electrons. The van der Waals surface area contributed by atoms with Gasteiger partial charge in [0.1, 0.15) is 5.82 Å². The number of nitriles is 1. The summed E-state index contributed by atoms with van der Waals surface area (Å²) in [7, 11) is 0. The monoisotopic (exact) mass is 421 g/mol. The van der Waals surface area contributed by atoms with Gasteiger partial charge in [0.25, 0.3) is 0 Å². The number of aromatic nitrogens is 1. The van der Waals surface area contributed by atoms with Gasteiger partial charge >= 0.3 is 6.09 Å². The van der Waals surface area contributed by atoms with Crippen LogP contribution in [0.25, 0.3) is 17.2 Å². The van der Waals surface area contributed by atoms with Crippen LogP contribution in [-0.2, 0) is 0 Å². The summed E-state index contributed by atoms with van der Waals surface area (Å²) >= 11 is 0. The highest BCUT2D eigenvalue weighted by Gasteiger charge is 2.53. The molecule has 0 radical (unpaired) electrons. The van der Waals surface area contributed by atoms with Crippen molar-refractivity contribution in [3.05, 3.63) is 60.2 Å². The second-order valence-corrected chi connectivity index (χ2v) is 8.49. The number of pyridine rings is 1. The summed E-state index contributed by atoms with van der Waals surface area (Å²) in [5.74, 6) is -0.424. The quantitative estimate of drug-likeness (QED) is 0.641. The molecule has 2 aliphatic carbocycles. The van der Waals surface area contributed by atoms with Crippen LogP contribution >= 0.6 is 0 Å². The van der Waals surface area contributed by atoms with Gasteiger partial charge in [-0.3, -0.25) is 4.98 Å². The van der Waals surface area contributed by atoms with Crippen molar-refractivity contribution in [1.82, 2.24) is 10.3 Å². The van der Waals surface area contributed by atoms with Gasteiger partial charge < -0.3 is 15.5 Å². The Morgan fingerprint density at radius 1 is 1.29 bits per heavy atom. The minimum Gasteiger partial charge on any atom is -0.465 e. The molecule has 1 aromatic heterocycles. The highest BCUT2D eigenvalue weighted by Crippen LogP contribution is 2.51.